The lowest BCUT2D eigenvalue weighted by Gasteiger charge is -2.34. The number of benzene rings is 1. The van der Waals surface area contributed by atoms with Crippen LogP contribution in [0.15, 0.2) is 75.6 Å². The molecule has 0 spiro atoms. The molecule has 1 saturated heterocycles. The molecule has 9 heteroatoms. The molecule has 0 bridgehead atoms. The zero-order chi connectivity index (χ0) is 20.9. The fourth-order valence-corrected chi connectivity index (χ4v) is 4.24. The van der Waals surface area contributed by atoms with Crippen molar-refractivity contribution in [1.82, 2.24) is 24.8 Å². The number of carbonyl (C=O) groups is 2. The van der Waals surface area contributed by atoms with E-state index in [0.717, 1.165) is 9.37 Å². The molecule has 0 aliphatic carbocycles. The van der Waals surface area contributed by atoms with Crippen LogP contribution < -0.4 is 0 Å². The third kappa shape index (κ3) is 4.68. The van der Waals surface area contributed by atoms with Crippen LogP contribution >= 0.6 is 27.7 Å². The van der Waals surface area contributed by atoms with Gasteiger partial charge in [0.2, 0.25) is 0 Å². The van der Waals surface area contributed by atoms with E-state index in [0.29, 0.717) is 42.5 Å². The first kappa shape index (κ1) is 20.5. The van der Waals surface area contributed by atoms with E-state index >= 15 is 0 Å². The summed E-state index contributed by atoms with van der Waals surface area (Å²) in [5.41, 5.74) is 0.886. The molecule has 3 aromatic rings. The molecule has 7 nitrogen and oxygen atoms in total. The molecule has 2 aromatic heterocycles. The summed E-state index contributed by atoms with van der Waals surface area (Å²) in [5, 5.41) is 0.669. The van der Waals surface area contributed by atoms with E-state index in [2.05, 4.69) is 30.9 Å². The molecule has 0 unspecified atom stereocenters. The maximum atomic E-state index is 13.2. The highest BCUT2D eigenvalue weighted by atomic mass is 79.9. The Labute approximate surface area is 186 Å². The lowest BCUT2D eigenvalue weighted by Crippen LogP contribution is -2.50. The van der Waals surface area contributed by atoms with Gasteiger partial charge in [-0.15, -0.1) is 0 Å². The number of halogens is 1. The quantitative estimate of drug-likeness (QED) is 0.565. The summed E-state index contributed by atoms with van der Waals surface area (Å²) in [6.45, 7) is 1.83. The molecule has 152 valence electrons. The molecule has 4 rings (SSSR count). The third-order valence-corrected chi connectivity index (χ3v) is 6.22. The van der Waals surface area contributed by atoms with Gasteiger partial charge in [0, 0.05) is 54.1 Å². The standard InChI is InChI=1S/C21H18BrN5O2S/c22-15-3-5-16(6-4-15)30-19-17(2-1-7-25-19)20(28)26-10-12-27(13-11-26)21(29)18-14-23-8-9-24-18/h1-9,14H,10-13H2. The van der Waals surface area contributed by atoms with Crippen molar-refractivity contribution in [3.8, 4) is 0 Å². The van der Waals surface area contributed by atoms with E-state index < -0.39 is 0 Å². The molecule has 1 aliphatic rings. The van der Waals surface area contributed by atoms with Crippen LogP contribution in [0.25, 0.3) is 0 Å². The van der Waals surface area contributed by atoms with Crippen molar-refractivity contribution in [2.24, 2.45) is 0 Å². The Hall–Kier alpha value is -2.78. The van der Waals surface area contributed by atoms with Gasteiger partial charge in [0.1, 0.15) is 10.7 Å². The van der Waals surface area contributed by atoms with Crippen molar-refractivity contribution in [3.05, 3.63) is 76.9 Å². The fourth-order valence-electron chi connectivity index (χ4n) is 3.10. The van der Waals surface area contributed by atoms with Crippen molar-refractivity contribution in [2.75, 3.05) is 26.2 Å². The van der Waals surface area contributed by atoms with Crippen LogP contribution in [0, 0.1) is 0 Å². The molecule has 0 N–H and O–H groups in total. The minimum atomic E-state index is -0.164. The van der Waals surface area contributed by atoms with E-state index in [1.54, 1.807) is 28.1 Å². The predicted molar refractivity (Wildman–Crippen MR) is 116 cm³/mol. The summed E-state index contributed by atoms with van der Waals surface area (Å²) in [4.78, 5) is 42.6. The van der Waals surface area contributed by atoms with Gasteiger partial charge in [0.25, 0.3) is 11.8 Å². The summed E-state index contributed by atoms with van der Waals surface area (Å²) >= 11 is 4.89. The molecule has 2 amide bonds. The van der Waals surface area contributed by atoms with Crippen LogP contribution in [-0.4, -0.2) is 62.7 Å². The van der Waals surface area contributed by atoms with Crippen LogP contribution in [-0.2, 0) is 0 Å². The molecule has 1 fully saturated rings. The third-order valence-electron chi connectivity index (χ3n) is 4.67. The number of piperazine rings is 1. The number of carbonyl (C=O) groups excluding carboxylic acids is 2. The van der Waals surface area contributed by atoms with E-state index in [1.165, 1.54) is 30.4 Å². The first-order valence-corrected chi connectivity index (χ1v) is 11.0. The van der Waals surface area contributed by atoms with Crippen molar-refractivity contribution in [1.29, 1.82) is 0 Å². The van der Waals surface area contributed by atoms with Crippen LogP contribution in [0.4, 0.5) is 0 Å². The van der Waals surface area contributed by atoms with Crippen LogP contribution in [0.1, 0.15) is 20.8 Å². The maximum Gasteiger partial charge on any atom is 0.274 e. The molecule has 3 heterocycles. The largest absolute Gasteiger partial charge is 0.335 e. The summed E-state index contributed by atoms with van der Waals surface area (Å²) in [7, 11) is 0. The van der Waals surface area contributed by atoms with Crippen LogP contribution in [0.3, 0.4) is 0 Å². The van der Waals surface area contributed by atoms with Crippen molar-refractivity contribution < 1.29 is 9.59 Å². The monoisotopic (exact) mass is 483 g/mol. The van der Waals surface area contributed by atoms with E-state index in [9.17, 15) is 9.59 Å². The van der Waals surface area contributed by atoms with E-state index in [-0.39, 0.29) is 11.8 Å². The first-order valence-electron chi connectivity index (χ1n) is 9.35. The number of rotatable bonds is 4. The lowest BCUT2D eigenvalue weighted by molar-refractivity contribution is 0.0529. The van der Waals surface area contributed by atoms with Crippen LogP contribution in [0.5, 0.6) is 0 Å². The number of aromatic nitrogens is 3. The Bertz CT molecular complexity index is 1040. The van der Waals surface area contributed by atoms with Gasteiger partial charge in [0.05, 0.1) is 11.8 Å². The van der Waals surface area contributed by atoms with Gasteiger partial charge in [-0.3, -0.25) is 14.6 Å². The Morgan fingerprint density at radius 2 is 1.57 bits per heavy atom. The zero-order valence-electron chi connectivity index (χ0n) is 15.9. The van der Waals surface area contributed by atoms with Gasteiger partial charge in [-0.25, -0.2) is 9.97 Å². The molecule has 1 aromatic carbocycles. The van der Waals surface area contributed by atoms with Gasteiger partial charge >= 0.3 is 0 Å². The summed E-state index contributed by atoms with van der Waals surface area (Å²) in [6, 6.07) is 11.4. The molecular formula is C21H18BrN5O2S. The Kier molecular flexibility index (Phi) is 6.39. The van der Waals surface area contributed by atoms with Crippen molar-refractivity contribution >= 4 is 39.5 Å². The van der Waals surface area contributed by atoms with Crippen molar-refractivity contribution in [3.63, 3.8) is 0 Å². The molecular weight excluding hydrogens is 466 g/mol. The van der Waals surface area contributed by atoms with Gasteiger partial charge in [-0.2, -0.15) is 0 Å². The Balaban J connectivity index is 1.43. The highest BCUT2D eigenvalue weighted by Gasteiger charge is 2.27. The SMILES string of the molecule is O=C(c1cnccn1)N1CCN(C(=O)c2cccnc2Sc2ccc(Br)cc2)CC1. The zero-order valence-corrected chi connectivity index (χ0v) is 18.3. The topological polar surface area (TPSA) is 79.3 Å². The number of pyridine rings is 1. The predicted octanol–water partition coefficient (Wildman–Crippen LogP) is 3.38. The minimum Gasteiger partial charge on any atom is -0.335 e. The second-order valence-corrected chi connectivity index (χ2v) is 8.57. The average Bonchev–Trinajstić information content (AvgIpc) is 2.81. The highest BCUT2D eigenvalue weighted by Crippen LogP contribution is 2.30. The lowest BCUT2D eigenvalue weighted by atomic mass is 10.2. The smallest absolute Gasteiger partial charge is 0.274 e. The molecule has 0 atom stereocenters. The summed E-state index contributed by atoms with van der Waals surface area (Å²) in [5.74, 6) is -0.239. The molecule has 0 radical (unpaired) electrons. The number of nitrogens with zero attached hydrogens (tertiary/aromatic N) is 5. The van der Waals surface area contributed by atoms with E-state index in [1.807, 2.05) is 24.3 Å². The average molecular weight is 484 g/mol. The highest BCUT2D eigenvalue weighted by molar-refractivity contribution is 9.10. The maximum absolute atomic E-state index is 13.2. The number of amides is 2. The minimum absolute atomic E-state index is 0.0747. The molecule has 30 heavy (non-hydrogen) atoms. The molecule has 0 saturated carbocycles. The first-order chi connectivity index (χ1) is 14.6. The van der Waals surface area contributed by atoms with Gasteiger partial charge in [-0.05, 0) is 36.4 Å². The second-order valence-electron chi connectivity index (χ2n) is 6.59. The second kappa shape index (κ2) is 9.36. The normalized spacial score (nSPS) is 13.9. The fraction of sp³-hybridized carbons (Fsp3) is 0.190. The molecule has 1 aliphatic heterocycles. The van der Waals surface area contributed by atoms with E-state index in [4.69, 9.17) is 0 Å². The Morgan fingerprint density at radius 1 is 0.867 bits per heavy atom. The Morgan fingerprint density at radius 3 is 2.23 bits per heavy atom. The number of hydrogen-bond acceptors (Lipinski definition) is 6. The summed E-state index contributed by atoms with van der Waals surface area (Å²) < 4.78 is 0.998. The van der Waals surface area contributed by atoms with Gasteiger partial charge in [0.15, 0.2) is 0 Å². The summed E-state index contributed by atoms with van der Waals surface area (Å²) in [6.07, 6.45) is 6.18. The van der Waals surface area contributed by atoms with Gasteiger partial charge < -0.3 is 9.80 Å². The number of hydrogen-bond donors (Lipinski definition) is 0. The van der Waals surface area contributed by atoms with Crippen molar-refractivity contribution in [2.45, 2.75) is 9.92 Å². The van der Waals surface area contributed by atoms with Crippen LogP contribution in [0.2, 0.25) is 0 Å². The van der Waals surface area contributed by atoms with Gasteiger partial charge in [-0.1, -0.05) is 27.7 Å².